The fraction of sp³-hybridized carbons (Fsp3) is 0.400. The number of hydrogen-bond acceptors (Lipinski definition) is 3. The van der Waals surface area contributed by atoms with E-state index in [0.29, 0.717) is 11.8 Å². The summed E-state index contributed by atoms with van der Waals surface area (Å²) in [6.07, 6.45) is 2.23. The third-order valence-corrected chi connectivity index (χ3v) is 4.85. The fourth-order valence-electron chi connectivity index (χ4n) is 3.28. The van der Waals surface area contributed by atoms with Gasteiger partial charge in [-0.15, -0.1) is 0 Å². The zero-order valence-electron chi connectivity index (χ0n) is 13.9. The number of aryl methyl sites for hydroxylation is 1. The largest absolute Gasteiger partial charge is 0.508 e. The van der Waals surface area contributed by atoms with Crippen LogP contribution in [-0.2, 0) is 6.42 Å². The molecule has 0 amide bonds. The van der Waals surface area contributed by atoms with Crippen molar-refractivity contribution in [3.8, 4) is 5.75 Å². The Hall–Kier alpha value is -2.00. The molecular formula is C20H26N2O. The summed E-state index contributed by atoms with van der Waals surface area (Å²) >= 11 is 0. The van der Waals surface area contributed by atoms with Crippen molar-refractivity contribution < 1.29 is 5.11 Å². The van der Waals surface area contributed by atoms with Crippen LogP contribution in [0.2, 0.25) is 0 Å². The molecule has 1 saturated heterocycles. The molecule has 1 aliphatic rings. The van der Waals surface area contributed by atoms with Crippen molar-refractivity contribution in [2.24, 2.45) is 0 Å². The van der Waals surface area contributed by atoms with Gasteiger partial charge in [0, 0.05) is 37.9 Å². The van der Waals surface area contributed by atoms with Crippen LogP contribution in [0.1, 0.15) is 18.9 Å². The number of para-hydroxylation sites is 1. The second-order valence-corrected chi connectivity index (χ2v) is 6.41. The number of hydrogen-bond donors (Lipinski definition) is 1. The predicted octanol–water partition coefficient (Wildman–Crippen LogP) is 3.54. The van der Waals surface area contributed by atoms with Crippen LogP contribution in [0.4, 0.5) is 5.69 Å². The van der Waals surface area contributed by atoms with E-state index in [1.807, 2.05) is 12.1 Å². The first-order valence-corrected chi connectivity index (χ1v) is 8.54. The minimum atomic E-state index is 0.346. The number of aromatic hydroxyl groups is 1. The van der Waals surface area contributed by atoms with Crippen LogP contribution in [0.15, 0.2) is 54.6 Å². The smallest absolute Gasteiger partial charge is 0.115 e. The predicted molar refractivity (Wildman–Crippen MR) is 96.1 cm³/mol. The van der Waals surface area contributed by atoms with Gasteiger partial charge in [0.1, 0.15) is 5.75 Å². The standard InChI is InChI=1S/C20H26N2O/c1-17(7-8-18-9-11-20(23)12-10-18)21-13-15-22(16-14-21)19-5-3-2-4-6-19/h2-6,9-12,17,23H,7-8,13-16H2,1H3/t17-/m0/s1. The van der Waals surface area contributed by atoms with E-state index in [1.54, 1.807) is 12.1 Å². The van der Waals surface area contributed by atoms with Gasteiger partial charge in [-0.3, -0.25) is 4.90 Å². The van der Waals surface area contributed by atoms with Crippen molar-refractivity contribution >= 4 is 5.69 Å². The Labute approximate surface area is 139 Å². The first kappa shape index (κ1) is 15.9. The molecule has 2 aromatic rings. The summed E-state index contributed by atoms with van der Waals surface area (Å²) in [5, 5.41) is 9.34. The van der Waals surface area contributed by atoms with E-state index < -0.39 is 0 Å². The average Bonchev–Trinajstić information content (AvgIpc) is 2.62. The second kappa shape index (κ2) is 7.51. The molecule has 0 radical (unpaired) electrons. The van der Waals surface area contributed by atoms with Crippen molar-refractivity contribution in [2.45, 2.75) is 25.8 Å². The SMILES string of the molecule is C[C@@H](CCc1ccc(O)cc1)N1CCN(c2ccccc2)CC1. The number of rotatable bonds is 5. The van der Waals surface area contributed by atoms with Crippen molar-refractivity contribution in [3.63, 3.8) is 0 Å². The highest BCUT2D eigenvalue weighted by atomic mass is 16.3. The Morgan fingerprint density at radius 3 is 2.22 bits per heavy atom. The lowest BCUT2D eigenvalue weighted by Gasteiger charge is -2.39. The van der Waals surface area contributed by atoms with Crippen LogP contribution in [0.3, 0.4) is 0 Å². The second-order valence-electron chi connectivity index (χ2n) is 6.41. The molecule has 1 heterocycles. The van der Waals surface area contributed by atoms with Crippen molar-refractivity contribution in [1.29, 1.82) is 0 Å². The zero-order chi connectivity index (χ0) is 16.1. The van der Waals surface area contributed by atoms with E-state index in [9.17, 15) is 5.11 Å². The number of nitrogens with zero attached hydrogens (tertiary/aromatic N) is 2. The highest BCUT2D eigenvalue weighted by molar-refractivity contribution is 5.46. The Bertz CT molecular complexity index is 589. The summed E-state index contributed by atoms with van der Waals surface area (Å²) in [4.78, 5) is 5.07. The van der Waals surface area contributed by atoms with Gasteiger partial charge in [-0.25, -0.2) is 0 Å². The van der Waals surface area contributed by atoms with Gasteiger partial charge in [0.15, 0.2) is 0 Å². The van der Waals surface area contributed by atoms with Crippen LogP contribution in [-0.4, -0.2) is 42.2 Å². The molecular weight excluding hydrogens is 284 g/mol. The van der Waals surface area contributed by atoms with Gasteiger partial charge in [0.25, 0.3) is 0 Å². The molecule has 2 aromatic carbocycles. The monoisotopic (exact) mass is 310 g/mol. The molecule has 0 spiro atoms. The van der Waals surface area contributed by atoms with Gasteiger partial charge < -0.3 is 10.0 Å². The summed E-state index contributed by atoms with van der Waals surface area (Å²) in [5.74, 6) is 0.346. The molecule has 3 nitrogen and oxygen atoms in total. The summed E-state index contributed by atoms with van der Waals surface area (Å²) in [6.45, 7) is 6.80. The lowest BCUT2D eigenvalue weighted by atomic mass is 10.0. The third kappa shape index (κ3) is 4.26. The van der Waals surface area contributed by atoms with Crippen molar-refractivity contribution in [2.75, 3.05) is 31.1 Å². The molecule has 23 heavy (non-hydrogen) atoms. The highest BCUT2D eigenvalue weighted by Gasteiger charge is 2.20. The molecule has 0 bridgehead atoms. The molecule has 1 atom stereocenters. The summed E-state index contributed by atoms with van der Waals surface area (Å²) in [7, 11) is 0. The lowest BCUT2D eigenvalue weighted by Crippen LogP contribution is -2.49. The Morgan fingerprint density at radius 1 is 0.913 bits per heavy atom. The highest BCUT2D eigenvalue weighted by Crippen LogP contribution is 2.18. The molecule has 3 rings (SSSR count). The first-order chi connectivity index (χ1) is 11.2. The molecule has 0 aromatic heterocycles. The number of anilines is 1. The van der Waals surface area contributed by atoms with Gasteiger partial charge in [-0.05, 0) is 49.6 Å². The molecule has 0 saturated carbocycles. The molecule has 122 valence electrons. The average molecular weight is 310 g/mol. The van der Waals surface area contributed by atoms with Gasteiger partial charge >= 0.3 is 0 Å². The Morgan fingerprint density at radius 2 is 1.57 bits per heavy atom. The Balaban J connectivity index is 1.46. The van der Waals surface area contributed by atoms with Gasteiger partial charge in [-0.1, -0.05) is 30.3 Å². The third-order valence-electron chi connectivity index (χ3n) is 4.85. The van der Waals surface area contributed by atoms with Crippen LogP contribution in [0.25, 0.3) is 0 Å². The summed E-state index contributed by atoms with van der Waals surface area (Å²) in [5.41, 5.74) is 2.64. The van der Waals surface area contributed by atoms with E-state index in [-0.39, 0.29) is 0 Å². The molecule has 1 fully saturated rings. The minimum absolute atomic E-state index is 0.346. The zero-order valence-corrected chi connectivity index (χ0v) is 13.9. The van der Waals surface area contributed by atoms with Crippen molar-refractivity contribution in [3.05, 3.63) is 60.2 Å². The summed E-state index contributed by atoms with van der Waals surface area (Å²) < 4.78 is 0. The maximum absolute atomic E-state index is 9.34. The quantitative estimate of drug-likeness (QED) is 0.915. The number of phenolic OH excluding ortho intramolecular Hbond substituents is 1. The van der Waals surface area contributed by atoms with Crippen LogP contribution in [0.5, 0.6) is 5.75 Å². The Kier molecular flexibility index (Phi) is 5.19. The maximum Gasteiger partial charge on any atom is 0.115 e. The number of benzene rings is 2. The van der Waals surface area contributed by atoms with E-state index in [0.717, 1.165) is 39.0 Å². The number of piperazine rings is 1. The van der Waals surface area contributed by atoms with Crippen LogP contribution in [0, 0.1) is 0 Å². The molecule has 1 N–H and O–H groups in total. The van der Waals surface area contributed by atoms with Crippen molar-refractivity contribution in [1.82, 2.24) is 4.90 Å². The van der Waals surface area contributed by atoms with E-state index in [4.69, 9.17) is 0 Å². The fourth-order valence-corrected chi connectivity index (χ4v) is 3.28. The molecule has 0 aliphatic carbocycles. The van der Waals surface area contributed by atoms with Gasteiger partial charge in [0.2, 0.25) is 0 Å². The van der Waals surface area contributed by atoms with Crippen LogP contribution >= 0.6 is 0 Å². The minimum Gasteiger partial charge on any atom is -0.508 e. The summed E-state index contributed by atoms with van der Waals surface area (Å²) in [6, 6.07) is 18.9. The van der Waals surface area contributed by atoms with Gasteiger partial charge in [-0.2, -0.15) is 0 Å². The molecule has 0 unspecified atom stereocenters. The van der Waals surface area contributed by atoms with Gasteiger partial charge in [0.05, 0.1) is 0 Å². The lowest BCUT2D eigenvalue weighted by molar-refractivity contribution is 0.189. The normalized spacial score (nSPS) is 17.2. The van der Waals surface area contributed by atoms with Crippen LogP contribution < -0.4 is 4.90 Å². The first-order valence-electron chi connectivity index (χ1n) is 8.54. The molecule has 3 heteroatoms. The maximum atomic E-state index is 9.34. The number of phenols is 1. The van der Waals surface area contributed by atoms with E-state index in [2.05, 4.69) is 47.1 Å². The molecule has 1 aliphatic heterocycles. The topological polar surface area (TPSA) is 26.7 Å². The van der Waals surface area contributed by atoms with E-state index >= 15 is 0 Å². The van der Waals surface area contributed by atoms with E-state index in [1.165, 1.54) is 11.3 Å².